The maximum atomic E-state index is 6.46. The van der Waals surface area contributed by atoms with E-state index in [-0.39, 0.29) is 44.4 Å². The highest BCUT2D eigenvalue weighted by molar-refractivity contribution is 9.10. The Hall–Kier alpha value is -7.77. The minimum atomic E-state index is -0.476. The second-order valence-electron chi connectivity index (χ2n) is 39.2. The van der Waals surface area contributed by atoms with Crippen LogP contribution in [0.1, 0.15) is 313 Å². The summed E-state index contributed by atoms with van der Waals surface area (Å²) in [6.07, 6.45) is 36.6. The highest BCUT2D eigenvalue weighted by Crippen LogP contribution is 2.58. The first-order valence-corrected chi connectivity index (χ1v) is 48.8. The molecule has 10 aromatic carbocycles. The third kappa shape index (κ3) is 21.5. The van der Waals surface area contributed by atoms with Crippen LogP contribution in [0.3, 0.4) is 0 Å². The second kappa shape index (κ2) is 42.0. The van der Waals surface area contributed by atoms with Gasteiger partial charge in [0.05, 0.1) is 33.6 Å². The minimum Gasteiger partial charge on any atom is -0.405 e. The van der Waals surface area contributed by atoms with Crippen molar-refractivity contribution in [2.45, 2.75) is 335 Å². The summed E-state index contributed by atoms with van der Waals surface area (Å²) in [5.41, 5.74) is 22.8. The van der Waals surface area contributed by atoms with Crippen LogP contribution in [0, 0.1) is 0 Å². The van der Waals surface area contributed by atoms with Crippen molar-refractivity contribution in [2.24, 2.45) is 0 Å². The molecule has 0 unspecified atom stereocenters. The summed E-state index contributed by atoms with van der Waals surface area (Å²) >= 11 is 3.68. The Morgan fingerprint density at radius 2 is 0.492 bits per heavy atom. The molecule has 3 fully saturated rings. The summed E-state index contributed by atoms with van der Waals surface area (Å²) in [5, 5.41) is 0. The fraction of sp³-hybridized carbons (Fsp3) is 0.464. The Morgan fingerprint density at radius 3 is 0.815 bits per heavy atom. The van der Waals surface area contributed by atoms with E-state index in [1.807, 2.05) is 55.4 Å². The standard InChI is InChI=1S/C53H66BNO2.C47H54BrN.C12H24B2O4/c1-7-9-11-13-15-22-38-53(39-23-16-14-12-10-8-2)49-27-21-20-26-47(49)48-37-36-46(40-50(48)53)55(44-32-28-42(29-33-44)41-24-18-17-19-25-41)45-34-30-43(31-35-45)54-56-51(3,4)52(5,6)57-54;1-3-5-7-9-11-18-34-47(35-19-12-10-8-6-4-2)45-23-17-16-22-43(45)44-33-32-42(36-46(44)47)49(41-30-26-39(48)27-31-41)40-28-24-38(25-29-40)37-20-14-13-15-21-37;1-9(2)10(3,4)16-13(15-9)14-17-11(5,6)12(7,8)18-14/h17-21,24-37,40H,7-16,22-23,38-39H2,1-6H3;13-17,20-33,36H,3-12,18-19,34-35H2,1-2H3;1-8H3. The monoisotopic (exact) mass is 1730 g/mol. The van der Waals surface area contributed by atoms with Gasteiger partial charge in [-0.2, -0.15) is 0 Å². The molecule has 3 aliphatic heterocycles. The first-order chi connectivity index (χ1) is 59.7. The molecule has 3 heterocycles. The van der Waals surface area contributed by atoms with Gasteiger partial charge in [-0.25, -0.2) is 0 Å². The van der Waals surface area contributed by atoms with Crippen molar-refractivity contribution >= 4 is 76.7 Å². The predicted octanol–water partition coefficient (Wildman–Crippen LogP) is 32.5. The number of fused-ring (bicyclic) bond motifs is 6. The van der Waals surface area contributed by atoms with Gasteiger partial charge in [-0.15, -0.1) is 0 Å². The predicted molar refractivity (Wildman–Crippen MR) is 533 cm³/mol. The van der Waals surface area contributed by atoms with Crippen molar-refractivity contribution in [3.8, 4) is 44.5 Å². The first-order valence-electron chi connectivity index (χ1n) is 48.0. The van der Waals surface area contributed by atoms with Gasteiger partial charge in [-0.05, 0) is 266 Å². The average Bonchev–Trinajstić information content (AvgIpc) is 1.55. The van der Waals surface area contributed by atoms with Gasteiger partial charge in [0.1, 0.15) is 0 Å². The van der Waals surface area contributed by atoms with Crippen LogP contribution in [0.4, 0.5) is 34.1 Å². The molecule has 0 saturated carbocycles. The number of nitrogens with zero attached hydrogens (tertiary/aromatic N) is 2. The molecule has 10 aromatic rings. The number of benzene rings is 10. The van der Waals surface area contributed by atoms with E-state index in [4.69, 9.17) is 27.9 Å². The van der Waals surface area contributed by atoms with E-state index in [1.54, 1.807) is 11.1 Å². The molecule has 0 aromatic heterocycles. The minimum absolute atomic E-state index is 0.0148. The molecule has 0 amide bonds. The maximum Gasteiger partial charge on any atom is 0.494 e. The quantitative estimate of drug-likeness (QED) is 0.0280. The largest absolute Gasteiger partial charge is 0.494 e. The highest BCUT2D eigenvalue weighted by Gasteiger charge is 2.64. The molecule has 0 N–H and O–H groups in total. The molecule has 654 valence electrons. The summed E-state index contributed by atoms with van der Waals surface area (Å²) in [4.78, 5) is 4.90. The number of hydrogen-bond donors (Lipinski definition) is 0. The van der Waals surface area contributed by atoms with Crippen LogP contribution in [0.2, 0.25) is 0 Å². The van der Waals surface area contributed by atoms with Gasteiger partial charge in [0.25, 0.3) is 0 Å². The van der Waals surface area contributed by atoms with Crippen molar-refractivity contribution in [3.05, 3.63) is 269 Å². The van der Waals surface area contributed by atoms with Crippen molar-refractivity contribution in [3.63, 3.8) is 0 Å². The molecule has 3 saturated heterocycles. The van der Waals surface area contributed by atoms with E-state index in [9.17, 15) is 0 Å². The third-order valence-corrected chi connectivity index (χ3v) is 29.4. The number of halogens is 1. The molecule has 0 spiro atoms. The smallest absolute Gasteiger partial charge is 0.405 e. The molecule has 0 radical (unpaired) electrons. The van der Waals surface area contributed by atoms with Crippen LogP contribution in [0.25, 0.3) is 44.5 Å². The van der Waals surface area contributed by atoms with Crippen LogP contribution in [-0.4, -0.2) is 54.7 Å². The summed E-state index contributed by atoms with van der Waals surface area (Å²) < 4.78 is 37.9. The Bertz CT molecular complexity index is 4900. The Kier molecular flexibility index (Phi) is 31.8. The summed E-state index contributed by atoms with van der Waals surface area (Å²) in [7, 11) is -1.35. The SMILES string of the molecule is CC1(C)OB(B2OC(C)(C)C(C)(C)O2)OC1(C)C.CCCCCCCCC1(CCCCCCCC)c2ccccc2-c2ccc(N(c3ccc(B4OC(C)(C)C(C)(C)O4)cc3)c3ccc(-c4ccccc4)cc3)cc21.CCCCCCCCC1(CCCCCCCC)c2ccccc2-c2ccc(N(c3ccc(Br)cc3)c3ccc(-c4ccccc4)cc3)cc21. The van der Waals surface area contributed by atoms with Crippen molar-refractivity contribution in [2.75, 3.05) is 9.80 Å². The van der Waals surface area contributed by atoms with Crippen molar-refractivity contribution in [1.29, 1.82) is 0 Å². The molecular weight excluding hydrogens is 1580 g/mol. The van der Waals surface area contributed by atoms with E-state index in [0.29, 0.717) is 0 Å². The molecule has 0 bridgehead atoms. The van der Waals surface area contributed by atoms with Crippen LogP contribution in [0.15, 0.2) is 247 Å². The molecule has 0 atom stereocenters. The molecule has 15 rings (SSSR count). The van der Waals surface area contributed by atoms with E-state index in [1.165, 1.54) is 258 Å². The fourth-order valence-corrected chi connectivity index (χ4v) is 19.7. The van der Waals surface area contributed by atoms with Crippen LogP contribution in [0.5, 0.6) is 0 Å². The van der Waals surface area contributed by atoms with Gasteiger partial charge < -0.3 is 37.7 Å². The number of anilines is 6. The Balaban J connectivity index is 0.000000179. The lowest BCUT2D eigenvalue weighted by Gasteiger charge is -2.34. The summed E-state index contributed by atoms with van der Waals surface area (Å²) in [6, 6.07) is 90.6. The average molecular weight is 1730 g/mol. The number of rotatable bonds is 38. The molecule has 12 heteroatoms. The van der Waals surface area contributed by atoms with E-state index >= 15 is 0 Å². The lowest BCUT2D eigenvalue weighted by molar-refractivity contribution is 0.00578. The Morgan fingerprint density at radius 1 is 0.242 bits per heavy atom. The third-order valence-electron chi connectivity index (χ3n) is 28.8. The number of unbranched alkanes of at least 4 members (excludes halogenated alkanes) is 20. The van der Waals surface area contributed by atoms with Crippen molar-refractivity contribution in [1.82, 2.24) is 0 Å². The topological polar surface area (TPSA) is 61.9 Å². The zero-order chi connectivity index (χ0) is 87.8. The zero-order valence-corrected chi connectivity index (χ0v) is 79.9. The van der Waals surface area contributed by atoms with E-state index < -0.39 is 21.1 Å². The van der Waals surface area contributed by atoms with Gasteiger partial charge in [0.15, 0.2) is 0 Å². The Labute approximate surface area is 758 Å². The molecule has 124 heavy (non-hydrogen) atoms. The van der Waals surface area contributed by atoms with Gasteiger partial charge in [-0.3, -0.25) is 0 Å². The lowest BCUT2D eigenvalue weighted by Crippen LogP contribution is -2.41. The molecular formula is C112H144B3BrN2O6. The highest BCUT2D eigenvalue weighted by atomic mass is 79.9. The van der Waals surface area contributed by atoms with Gasteiger partial charge >= 0.3 is 21.1 Å². The second-order valence-corrected chi connectivity index (χ2v) is 40.1. The van der Waals surface area contributed by atoms with Crippen LogP contribution >= 0.6 is 15.9 Å². The summed E-state index contributed by atoms with van der Waals surface area (Å²) in [5.74, 6) is 0. The number of hydrogen-bond acceptors (Lipinski definition) is 8. The first kappa shape index (κ1) is 93.9. The maximum absolute atomic E-state index is 6.46. The molecule has 8 nitrogen and oxygen atoms in total. The lowest BCUT2D eigenvalue weighted by atomic mass is 9.49. The van der Waals surface area contributed by atoms with Gasteiger partial charge in [0.2, 0.25) is 0 Å². The van der Waals surface area contributed by atoms with Crippen LogP contribution < -0.4 is 15.3 Å². The van der Waals surface area contributed by atoms with Crippen molar-refractivity contribution < 1.29 is 27.9 Å². The molecule has 2 aliphatic carbocycles. The molecule has 5 aliphatic rings. The van der Waals surface area contributed by atoms with E-state index in [0.717, 1.165) is 21.3 Å². The van der Waals surface area contributed by atoms with Gasteiger partial charge in [-0.1, -0.05) is 355 Å². The van der Waals surface area contributed by atoms with E-state index in [2.05, 4.69) is 324 Å². The van der Waals surface area contributed by atoms with Gasteiger partial charge in [0, 0.05) is 49.4 Å². The van der Waals surface area contributed by atoms with Crippen LogP contribution in [-0.2, 0) is 38.8 Å². The normalized spacial score (nSPS) is 17.1. The fourth-order valence-electron chi connectivity index (χ4n) is 19.4. The summed E-state index contributed by atoms with van der Waals surface area (Å²) in [6.45, 7) is 33.9. The zero-order valence-electron chi connectivity index (χ0n) is 78.3.